The van der Waals surface area contributed by atoms with Crippen molar-refractivity contribution in [2.75, 3.05) is 31.5 Å². The summed E-state index contributed by atoms with van der Waals surface area (Å²) in [7, 11) is 0. The molecule has 0 saturated carbocycles. The fraction of sp³-hybridized carbons (Fsp3) is 0.529. The number of hydrogen-bond donors (Lipinski definition) is 2. The van der Waals surface area contributed by atoms with Crippen LogP contribution in [0.2, 0.25) is 0 Å². The largest absolute Gasteiger partial charge is 0.383 e. The van der Waals surface area contributed by atoms with Gasteiger partial charge in [0.1, 0.15) is 17.3 Å². The first-order valence-electron chi connectivity index (χ1n) is 8.54. The van der Waals surface area contributed by atoms with Crippen LogP contribution in [0.25, 0.3) is 0 Å². The van der Waals surface area contributed by atoms with Gasteiger partial charge in [-0.25, -0.2) is 14.2 Å². The Balaban J connectivity index is 0.00000182. The van der Waals surface area contributed by atoms with E-state index in [-0.39, 0.29) is 30.1 Å². The molecule has 3 N–H and O–H groups in total. The summed E-state index contributed by atoms with van der Waals surface area (Å²) in [5, 5.41) is 3.35. The Kier molecular flexibility index (Phi) is 4.77. The van der Waals surface area contributed by atoms with Gasteiger partial charge in [0, 0.05) is 44.7 Å². The molecule has 1 spiro atoms. The number of urea groups is 1. The first-order chi connectivity index (χ1) is 11.6. The third-order valence-corrected chi connectivity index (χ3v) is 5.21. The van der Waals surface area contributed by atoms with Gasteiger partial charge in [-0.05, 0) is 25.0 Å². The van der Waals surface area contributed by atoms with Crippen LogP contribution in [0.5, 0.6) is 0 Å². The Morgan fingerprint density at radius 1 is 1.16 bits per heavy atom. The van der Waals surface area contributed by atoms with Crippen molar-refractivity contribution in [3.8, 4) is 0 Å². The second kappa shape index (κ2) is 6.71. The summed E-state index contributed by atoms with van der Waals surface area (Å²) in [4.78, 5) is 20.9. The van der Waals surface area contributed by atoms with Crippen molar-refractivity contribution in [1.82, 2.24) is 9.80 Å². The average molecular weight is 368 g/mol. The zero-order valence-electron chi connectivity index (χ0n) is 14.0. The molecule has 2 fully saturated rings. The molecule has 3 heterocycles. The number of rotatable bonds is 0. The zero-order chi connectivity index (χ0) is 16.7. The molecule has 25 heavy (non-hydrogen) atoms. The summed E-state index contributed by atoms with van der Waals surface area (Å²) in [5.74, 6) is -0.126. The lowest BCUT2D eigenvalue weighted by molar-refractivity contribution is 0.138. The van der Waals surface area contributed by atoms with E-state index in [0.29, 0.717) is 37.2 Å². The molecule has 0 radical (unpaired) electrons. The molecule has 0 unspecified atom stereocenters. The van der Waals surface area contributed by atoms with Crippen LogP contribution >= 0.6 is 12.4 Å². The predicted molar refractivity (Wildman–Crippen MR) is 97.7 cm³/mol. The minimum absolute atomic E-state index is 0. The topological polar surface area (TPSA) is 74.0 Å². The van der Waals surface area contributed by atoms with Gasteiger partial charge >= 0.3 is 6.03 Å². The minimum Gasteiger partial charge on any atom is -0.383 e. The van der Waals surface area contributed by atoms with Crippen molar-refractivity contribution in [2.45, 2.75) is 31.3 Å². The summed E-state index contributed by atoms with van der Waals surface area (Å²) in [6, 6.07) is 5.00. The van der Waals surface area contributed by atoms with Crippen molar-refractivity contribution in [2.24, 2.45) is 10.7 Å². The van der Waals surface area contributed by atoms with Crippen LogP contribution in [0, 0.1) is 5.82 Å². The quantitative estimate of drug-likeness (QED) is 0.739. The van der Waals surface area contributed by atoms with E-state index in [4.69, 9.17) is 5.73 Å². The fourth-order valence-electron chi connectivity index (χ4n) is 3.87. The van der Waals surface area contributed by atoms with E-state index in [9.17, 15) is 9.18 Å². The SMILES string of the molecule is Cl.NC1=NC2(CCN(C(=O)N3CCCC3)CC2)Nc2cccc(F)c21. The molecule has 8 heteroatoms. The van der Waals surface area contributed by atoms with Crippen LogP contribution in [-0.4, -0.2) is 53.5 Å². The highest BCUT2D eigenvalue weighted by Crippen LogP contribution is 2.35. The maximum atomic E-state index is 14.0. The van der Waals surface area contributed by atoms with Crippen LogP contribution in [0.1, 0.15) is 31.2 Å². The molecule has 6 nitrogen and oxygen atoms in total. The summed E-state index contributed by atoms with van der Waals surface area (Å²) >= 11 is 0. The zero-order valence-corrected chi connectivity index (χ0v) is 14.8. The second-order valence-electron chi connectivity index (χ2n) is 6.78. The number of nitrogens with two attached hydrogens (primary N) is 1. The van der Waals surface area contributed by atoms with Gasteiger partial charge in [-0.2, -0.15) is 0 Å². The van der Waals surface area contributed by atoms with Gasteiger partial charge < -0.3 is 20.9 Å². The van der Waals surface area contributed by atoms with Crippen LogP contribution in [0.15, 0.2) is 23.2 Å². The highest BCUT2D eigenvalue weighted by atomic mass is 35.5. The predicted octanol–water partition coefficient (Wildman–Crippen LogP) is 2.39. The molecular formula is C17H23ClFN5O. The summed E-state index contributed by atoms with van der Waals surface area (Å²) in [5.41, 5.74) is 6.52. The number of amides is 2. The van der Waals surface area contributed by atoms with E-state index < -0.39 is 5.66 Å². The molecule has 136 valence electrons. The van der Waals surface area contributed by atoms with E-state index in [2.05, 4.69) is 10.3 Å². The number of aliphatic imine (C=N–C) groups is 1. The molecule has 1 aromatic rings. The number of anilines is 1. The number of halogens is 2. The minimum atomic E-state index is -0.535. The number of benzene rings is 1. The maximum Gasteiger partial charge on any atom is 0.320 e. The van der Waals surface area contributed by atoms with E-state index >= 15 is 0 Å². The number of fused-ring (bicyclic) bond motifs is 1. The Labute approximate surface area is 152 Å². The Bertz CT molecular complexity index is 696. The number of carbonyl (C=O) groups is 1. The molecule has 4 rings (SSSR count). The molecule has 0 atom stereocenters. The number of likely N-dealkylation sites (tertiary alicyclic amines) is 2. The van der Waals surface area contributed by atoms with Crippen molar-refractivity contribution in [3.05, 3.63) is 29.6 Å². The van der Waals surface area contributed by atoms with E-state index in [1.165, 1.54) is 6.07 Å². The second-order valence-corrected chi connectivity index (χ2v) is 6.78. The van der Waals surface area contributed by atoms with Gasteiger partial charge in [0.2, 0.25) is 0 Å². The highest BCUT2D eigenvalue weighted by molar-refractivity contribution is 6.04. The average Bonchev–Trinajstić information content (AvgIpc) is 3.09. The van der Waals surface area contributed by atoms with Crippen LogP contribution < -0.4 is 11.1 Å². The molecule has 1 aromatic carbocycles. The van der Waals surface area contributed by atoms with Gasteiger partial charge in [0.05, 0.1) is 5.56 Å². The monoisotopic (exact) mass is 367 g/mol. The molecule has 0 aliphatic carbocycles. The normalized spacial score (nSPS) is 21.2. The number of carbonyl (C=O) groups excluding carboxylic acids is 1. The molecule has 0 bridgehead atoms. The van der Waals surface area contributed by atoms with Gasteiger partial charge in [-0.1, -0.05) is 6.07 Å². The van der Waals surface area contributed by atoms with Crippen molar-refractivity contribution in [3.63, 3.8) is 0 Å². The number of nitrogens with zero attached hydrogens (tertiary/aromatic N) is 3. The lowest BCUT2D eigenvalue weighted by atomic mass is 9.94. The molecule has 2 amide bonds. The number of hydrogen-bond acceptors (Lipinski definition) is 4. The van der Waals surface area contributed by atoms with Crippen LogP contribution in [-0.2, 0) is 0 Å². The standard InChI is InChI=1S/C17H22FN5O.ClH/c18-12-4-3-5-13-14(12)15(19)21-17(20-13)6-10-23(11-7-17)16(24)22-8-1-2-9-22;/h3-5,20H,1-2,6-11H2,(H2,19,21);1H. The smallest absolute Gasteiger partial charge is 0.320 e. The fourth-order valence-corrected chi connectivity index (χ4v) is 3.87. The Hall–Kier alpha value is -2.02. The van der Waals surface area contributed by atoms with Crippen molar-refractivity contribution >= 4 is 30.0 Å². The van der Waals surface area contributed by atoms with Crippen LogP contribution in [0.3, 0.4) is 0 Å². The van der Waals surface area contributed by atoms with Gasteiger partial charge in [-0.15, -0.1) is 12.4 Å². The number of amidine groups is 1. The Morgan fingerprint density at radius 3 is 2.48 bits per heavy atom. The van der Waals surface area contributed by atoms with Crippen molar-refractivity contribution < 1.29 is 9.18 Å². The summed E-state index contributed by atoms with van der Waals surface area (Å²) in [6.45, 7) is 2.97. The molecule has 2 saturated heterocycles. The molecular weight excluding hydrogens is 345 g/mol. The molecule has 0 aromatic heterocycles. The lowest BCUT2D eigenvalue weighted by Crippen LogP contribution is -2.54. The van der Waals surface area contributed by atoms with E-state index in [0.717, 1.165) is 25.9 Å². The summed E-state index contributed by atoms with van der Waals surface area (Å²) < 4.78 is 14.0. The highest BCUT2D eigenvalue weighted by Gasteiger charge is 2.40. The lowest BCUT2D eigenvalue weighted by Gasteiger charge is -2.43. The molecule has 3 aliphatic heterocycles. The number of piperidine rings is 1. The van der Waals surface area contributed by atoms with Gasteiger partial charge in [0.15, 0.2) is 0 Å². The number of nitrogens with one attached hydrogen (secondary N) is 1. The van der Waals surface area contributed by atoms with E-state index in [1.807, 2.05) is 15.9 Å². The van der Waals surface area contributed by atoms with Gasteiger partial charge in [0.25, 0.3) is 0 Å². The first kappa shape index (κ1) is 17.8. The third kappa shape index (κ3) is 3.13. The van der Waals surface area contributed by atoms with E-state index in [1.54, 1.807) is 6.07 Å². The first-order valence-corrected chi connectivity index (χ1v) is 8.54. The maximum absolute atomic E-state index is 14.0. The van der Waals surface area contributed by atoms with Crippen molar-refractivity contribution in [1.29, 1.82) is 0 Å². The third-order valence-electron chi connectivity index (χ3n) is 5.21. The molecule has 3 aliphatic rings. The van der Waals surface area contributed by atoms with Gasteiger partial charge in [-0.3, -0.25) is 0 Å². The van der Waals surface area contributed by atoms with Crippen LogP contribution in [0.4, 0.5) is 14.9 Å². The Morgan fingerprint density at radius 2 is 1.80 bits per heavy atom. The summed E-state index contributed by atoms with van der Waals surface area (Å²) in [6.07, 6.45) is 3.52.